The lowest BCUT2D eigenvalue weighted by molar-refractivity contribution is -0.385. The lowest BCUT2D eigenvalue weighted by Gasteiger charge is -2.30. The van der Waals surface area contributed by atoms with Crippen molar-refractivity contribution in [2.75, 3.05) is 50.7 Å². The molecule has 0 atom stereocenters. The van der Waals surface area contributed by atoms with E-state index in [4.69, 9.17) is 4.74 Å². The molecule has 0 aliphatic carbocycles. The second-order valence-electron chi connectivity index (χ2n) is 7.93. The van der Waals surface area contributed by atoms with Crippen LogP contribution >= 0.6 is 0 Å². The first-order chi connectivity index (χ1) is 18.2. The molecule has 13 nitrogen and oxygen atoms in total. The predicted octanol–water partition coefficient (Wildman–Crippen LogP) is 3.66. The summed E-state index contributed by atoms with van der Waals surface area (Å²) in [4.78, 5) is 43.5. The quantitative estimate of drug-likeness (QED) is 0.251. The highest BCUT2D eigenvalue weighted by Crippen LogP contribution is 2.31. The summed E-state index contributed by atoms with van der Waals surface area (Å²) in [5.41, 5.74) is 2.83. The maximum Gasteiger partial charge on any atom is 0.329 e. The van der Waals surface area contributed by atoms with E-state index in [1.807, 2.05) is 4.90 Å². The Labute approximate surface area is 219 Å². The molecule has 38 heavy (non-hydrogen) atoms. The minimum absolute atomic E-state index is 0.0803. The van der Waals surface area contributed by atoms with E-state index in [0.29, 0.717) is 37.6 Å². The number of nitro groups is 2. The van der Waals surface area contributed by atoms with Gasteiger partial charge in [0, 0.05) is 55.7 Å². The van der Waals surface area contributed by atoms with Gasteiger partial charge in [0.25, 0.3) is 11.4 Å². The van der Waals surface area contributed by atoms with E-state index in [9.17, 15) is 29.8 Å². The number of fused-ring (bicyclic) bond motifs is 2. The van der Waals surface area contributed by atoms with Gasteiger partial charge in [-0.15, -0.1) is 0 Å². The van der Waals surface area contributed by atoms with Gasteiger partial charge in [0.05, 0.1) is 36.2 Å². The molecule has 1 N–H and O–H groups in total. The SMILES string of the molecule is C=CC(=O)OC.COC(=O)CCN1CCCc2ccc([N+](=O)[O-])cc21.O=[N+]([O-])c1ccc2c(c1)NCCO2. The van der Waals surface area contributed by atoms with Crippen molar-refractivity contribution in [3.05, 3.63) is 74.8 Å². The van der Waals surface area contributed by atoms with Crippen LogP contribution in [0.15, 0.2) is 49.1 Å². The largest absolute Gasteiger partial charge is 0.490 e. The van der Waals surface area contributed by atoms with Crippen LogP contribution in [0.3, 0.4) is 0 Å². The number of carbonyl (C=O) groups excluding carboxylic acids is 2. The number of nitro benzene ring substituents is 2. The zero-order chi connectivity index (χ0) is 28.1. The van der Waals surface area contributed by atoms with Crippen LogP contribution in [0.2, 0.25) is 0 Å². The smallest absolute Gasteiger partial charge is 0.329 e. The molecule has 2 aliphatic heterocycles. The second-order valence-corrected chi connectivity index (χ2v) is 7.93. The number of carbonyl (C=O) groups is 2. The van der Waals surface area contributed by atoms with Gasteiger partial charge in [0.1, 0.15) is 12.4 Å². The number of hydrogen-bond acceptors (Lipinski definition) is 11. The molecule has 0 radical (unpaired) electrons. The number of rotatable bonds is 6. The van der Waals surface area contributed by atoms with E-state index in [1.165, 1.54) is 32.4 Å². The summed E-state index contributed by atoms with van der Waals surface area (Å²) >= 11 is 0. The van der Waals surface area contributed by atoms with Crippen LogP contribution in [0, 0.1) is 20.2 Å². The average molecular weight is 531 g/mol. The van der Waals surface area contributed by atoms with Crippen LogP contribution in [-0.2, 0) is 25.5 Å². The van der Waals surface area contributed by atoms with Crippen molar-refractivity contribution in [2.24, 2.45) is 0 Å². The molecule has 2 aromatic rings. The van der Waals surface area contributed by atoms with Crippen molar-refractivity contribution in [1.29, 1.82) is 0 Å². The van der Waals surface area contributed by atoms with Crippen LogP contribution in [-0.4, -0.2) is 62.2 Å². The first-order valence-corrected chi connectivity index (χ1v) is 11.6. The van der Waals surface area contributed by atoms with Crippen LogP contribution in [0.1, 0.15) is 18.4 Å². The third-order valence-electron chi connectivity index (χ3n) is 5.52. The summed E-state index contributed by atoms with van der Waals surface area (Å²) in [6.07, 6.45) is 3.31. The Morgan fingerprint density at radius 3 is 2.39 bits per heavy atom. The highest BCUT2D eigenvalue weighted by atomic mass is 16.6. The van der Waals surface area contributed by atoms with Crippen LogP contribution in [0.25, 0.3) is 0 Å². The molecule has 2 heterocycles. The summed E-state index contributed by atoms with van der Waals surface area (Å²) in [7, 11) is 2.67. The molecule has 0 saturated carbocycles. The van der Waals surface area contributed by atoms with Gasteiger partial charge in [-0.1, -0.05) is 12.6 Å². The highest BCUT2D eigenvalue weighted by Gasteiger charge is 2.20. The molecule has 13 heteroatoms. The van der Waals surface area contributed by atoms with E-state index in [0.717, 1.165) is 36.7 Å². The first kappa shape index (κ1) is 29.5. The van der Waals surface area contributed by atoms with E-state index in [-0.39, 0.29) is 17.3 Å². The lowest BCUT2D eigenvalue weighted by atomic mass is 10.0. The molecule has 0 unspecified atom stereocenters. The number of methoxy groups -OCH3 is 2. The molecular formula is C25H30N4O9. The van der Waals surface area contributed by atoms with Crippen LogP contribution < -0.4 is 15.0 Å². The van der Waals surface area contributed by atoms with Crippen molar-refractivity contribution in [1.82, 2.24) is 0 Å². The molecule has 4 rings (SSSR count). The number of aryl methyl sites for hydroxylation is 1. The fraction of sp³-hybridized carbons (Fsp3) is 0.360. The third kappa shape index (κ3) is 8.76. The number of non-ortho nitro benzene ring substituents is 2. The van der Waals surface area contributed by atoms with E-state index >= 15 is 0 Å². The summed E-state index contributed by atoms with van der Waals surface area (Å²) < 4.78 is 14.0. The molecule has 0 aromatic heterocycles. The highest BCUT2D eigenvalue weighted by molar-refractivity contribution is 5.80. The van der Waals surface area contributed by atoms with Gasteiger partial charge in [-0.2, -0.15) is 0 Å². The minimum atomic E-state index is -0.420. The Morgan fingerprint density at radius 1 is 1.11 bits per heavy atom. The van der Waals surface area contributed by atoms with Gasteiger partial charge in [-0.05, 0) is 24.5 Å². The molecule has 0 spiro atoms. The van der Waals surface area contributed by atoms with Crippen molar-refractivity contribution >= 4 is 34.7 Å². The van der Waals surface area contributed by atoms with Crippen molar-refractivity contribution in [2.45, 2.75) is 19.3 Å². The predicted molar refractivity (Wildman–Crippen MR) is 140 cm³/mol. The van der Waals surface area contributed by atoms with Gasteiger partial charge in [-0.3, -0.25) is 25.0 Å². The summed E-state index contributed by atoms with van der Waals surface area (Å²) in [6.45, 7) is 5.79. The minimum Gasteiger partial charge on any atom is -0.490 e. The summed E-state index contributed by atoms with van der Waals surface area (Å²) in [6, 6.07) is 9.45. The monoisotopic (exact) mass is 530 g/mol. The molecule has 0 fully saturated rings. The van der Waals surface area contributed by atoms with Crippen molar-refractivity contribution < 1.29 is 33.6 Å². The zero-order valence-corrected chi connectivity index (χ0v) is 21.2. The van der Waals surface area contributed by atoms with Crippen LogP contribution in [0.5, 0.6) is 5.75 Å². The number of esters is 2. The molecule has 0 amide bonds. The van der Waals surface area contributed by atoms with Gasteiger partial charge < -0.3 is 24.4 Å². The number of ether oxygens (including phenoxy) is 3. The second kappa shape index (κ2) is 14.8. The maximum absolute atomic E-state index is 11.2. The fourth-order valence-corrected chi connectivity index (χ4v) is 3.64. The molecule has 204 valence electrons. The summed E-state index contributed by atoms with van der Waals surface area (Å²) in [5.74, 6) is 0.0180. The van der Waals surface area contributed by atoms with Gasteiger partial charge >= 0.3 is 11.9 Å². The molecule has 2 aliphatic rings. The first-order valence-electron chi connectivity index (χ1n) is 11.6. The Hall–Kier alpha value is -4.68. The third-order valence-corrected chi connectivity index (χ3v) is 5.52. The number of nitrogens with zero attached hydrogens (tertiary/aromatic N) is 3. The van der Waals surface area contributed by atoms with Gasteiger partial charge in [0.15, 0.2) is 0 Å². The Bertz CT molecular complexity index is 1170. The normalized spacial score (nSPS) is 12.7. The number of benzene rings is 2. The number of nitrogens with one attached hydrogen (secondary N) is 1. The van der Waals surface area contributed by atoms with Crippen LogP contribution in [0.4, 0.5) is 22.7 Å². The average Bonchev–Trinajstić information content (AvgIpc) is 2.95. The molecule has 0 saturated heterocycles. The molecular weight excluding hydrogens is 500 g/mol. The Morgan fingerprint density at radius 2 is 1.79 bits per heavy atom. The van der Waals surface area contributed by atoms with Gasteiger partial charge in [-0.25, -0.2) is 4.79 Å². The topological polar surface area (TPSA) is 163 Å². The van der Waals surface area contributed by atoms with Crippen molar-refractivity contribution in [3.8, 4) is 5.75 Å². The van der Waals surface area contributed by atoms with E-state index in [2.05, 4.69) is 21.4 Å². The standard InChI is InChI=1S/C13H16N2O4.C8H8N2O3.C4H6O2/c1-19-13(16)6-8-14-7-2-3-10-4-5-11(15(17)18)9-12(10)14;11-10(12)6-1-2-8-7(5-6)9-3-4-13-8;1-3-4(5)6-2/h4-5,9H,2-3,6-8H2,1H3;1-2,5,9H,3-4H2;3H,1H2,2H3. The van der Waals surface area contributed by atoms with Crippen molar-refractivity contribution in [3.63, 3.8) is 0 Å². The maximum atomic E-state index is 11.2. The zero-order valence-electron chi connectivity index (χ0n) is 21.2. The molecule has 2 aromatic carbocycles. The van der Waals surface area contributed by atoms with E-state index in [1.54, 1.807) is 18.2 Å². The molecule has 0 bridgehead atoms. The number of anilines is 2. The lowest BCUT2D eigenvalue weighted by Crippen LogP contribution is -2.31. The summed E-state index contributed by atoms with van der Waals surface area (Å²) in [5, 5.41) is 24.3. The van der Waals surface area contributed by atoms with Gasteiger partial charge in [0.2, 0.25) is 0 Å². The Balaban J connectivity index is 0.000000230. The van der Waals surface area contributed by atoms with E-state index < -0.39 is 15.8 Å². The number of hydrogen-bond donors (Lipinski definition) is 1. The Kier molecular flexibility index (Phi) is 11.5. The fourth-order valence-electron chi connectivity index (χ4n) is 3.64.